The molecule has 4 aromatic rings. The SMILES string of the molecule is O=C(COc1ccc(Cl)cc1[C@H]1c2sc(=O)[nH]c2SC2C(=O)N(c3ccccc3)C(=O)C21)Nc1ccc(Cl)cc1. The minimum Gasteiger partial charge on any atom is -0.483 e. The van der Waals surface area contributed by atoms with E-state index < -0.39 is 23.0 Å². The molecule has 3 atom stereocenters. The van der Waals surface area contributed by atoms with Crippen LogP contribution in [0.15, 0.2) is 82.6 Å². The highest BCUT2D eigenvalue weighted by Gasteiger charge is 2.56. The lowest BCUT2D eigenvalue weighted by Gasteiger charge is -2.31. The molecule has 0 saturated carbocycles. The highest BCUT2D eigenvalue weighted by Crippen LogP contribution is 2.54. The molecular formula is C28H19Cl2N3O5S2. The molecule has 2 aliphatic rings. The van der Waals surface area contributed by atoms with Crippen molar-refractivity contribution >= 4 is 75.4 Å². The summed E-state index contributed by atoms with van der Waals surface area (Å²) in [6.45, 7) is -0.327. The number of benzene rings is 3. The second kappa shape index (κ2) is 10.8. The van der Waals surface area contributed by atoms with Crippen LogP contribution in [0.5, 0.6) is 5.75 Å². The number of nitrogens with zero attached hydrogens (tertiary/aromatic N) is 1. The third kappa shape index (κ3) is 4.92. The van der Waals surface area contributed by atoms with Crippen LogP contribution in [0.3, 0.4) is 0 Å². The maximum atomic E-state index is 13.9. The fraction of sp³-hybridized carbons (Fsp3) is 0.143. The molecule has 2 unspecified atom stereocenters. The predicted molar refractivity (Wildman–Crippen MR) is 156 cm³/mol. The van der Waals surface area contributed by atoms with Crippen LogP contribution in [0.1, 0.15) is 16.4 Å². The summed E-state index contributed by atoms with van der Waals surface area (Å²) >= 11 is 14.5. The van der Waals surface area contributed by atoms with Crippen LogP contribution >= 0.6 is 46.3 Å². The number of ether oxygens (including phenoxy) is 1. The van der Waals surface area contributed by atoms with Crippen molar-refractivity contribution in [3.63, 3.8) is 0 Å². The predicted octanol–water partition coefficient (Wildman–Crippen LogP) is 5.56. The number of thiazole rings is 1. The number of aromatic nitrogens is 1. The average Bonchev–Trinajstić information content (AvgIpc) is 3.43. The molecule has 40 heavy (non-hydrogen) atoms. The molecule has 1 saturated heterocycles. The third-order valence-electron chi connectivity index (χ3n) is 6.63. The van der Waals surface area contributed by atoms with Crippen LogP contribution in [0.2, 0.25) is 10.0 Å². The molecule has 8 nitrogen and oxygen atoms in total. The van der Waals surface area contributed by atoms with Crippen LogP contribution in [0, 0.1) is 5.92 Å². The highest BCUT2D eigenvalue weighted by molar-refractivity contribution is 8.00. The van der Waals surface area contributed by atoms with Crippen molar-refractivity contribution in [2.24, 2.45) is 5.92 Å². The lowest BCUT2D eigenvalue weighted by molar-refractivity contribution is -0.122. The summed E-state index contributed by atoms with van der Waals surface area (Å²) in [5.41, 5.74) is 1.54. The summed E-state index contributed by atoms with van der Waals surface area (Å²) in [5, 5.41) is 3.43. The molecule has 1 aromatic heterocycles. The summed E-state index contributed by atoms with van der Waals surface area (Å²) in [4.78, 5) is 56.9. The first-order valence-electron chi connectivity index (χ1n) is 12.1. The zero-order valence-corrected chi connectivity index (χ0v) is 23.6. The number of anilines is 2. The van der Waals surface area contributed by atoms with Crippen LogP contribution in [-0.2, 0) is 14.4 Å². The molecule has 0 bridgehead atoms. The Labute approximate surface area is 246 Å². The summed E-state index contributed by atoms with van der Waals surface area (Å²) in [5.74, 6) is -2.35. The Balaban J connectivity index is 1.36. The first-order valence-corrected chi connectivity index (χ1v) is 14.6. The zero-order chi connectivity index (χ0) is 28.0. The Bertz CT molecular complexity index is 1690. The maximum absolute atomic E-state index is 13.9. The second-order valence-corrected chi connectivity index (χ2v) is 12.2. The van der Waals surface area contributed by atoms with Crippen molar-refractivity contribution in [1.82, 2.24) is 4.98 Å². The number of thioether (sulfide) groups is 1. The Kier molecular flexibility index (Phi) is 7.18. The number of hydrogen-bond acceptors (Lipinski definition) is 7. The Morgan fingerprint density at radius 1 is 0.950 bits per heavy atom. The topological polar surface area (TPSA) is 109 Å². The van der Waals surface area contributed by atoms with Crippen LogP contribution < -0.4 is 19.8 Å². The lowest BCUT2D eigenvalue weighted by atomic mass is 9.82. The molecule has 202 valence electrons. The molecule has 2 aliphatic heterocycles. The van der Waals surface area contributed by atoms with Crippen molar-refractivity contribution in [1.29, 1.82) is 0 Å². The van der Waals surface area contributed by atoms with E-state index >= 15 is 0 Å². The number of carbonyl (C=O) groups excluding carboxylic acids is 3. The molecule has 3 heterocycles. The first kappa shape index (κ1) is 26.6. The number of carbonyl (C=O) groups is 3. The Hall–Kier alpha value is -3.57. The summed E-state index contributed by atoms with van der Waals surface area (Å²) in [6.07, 6.45) is 0. The van der Waals surface area contributed by atoms with Gasteiger partial charge in [0, 0.05) is 32.1 Å². The van der Waals surface area contributed by atoms with Gasteiger partial charge in [-0.2, -0.15) is 0 Å². The van der Waals surface area contributed by atoms with Crippen molar-refractivity contribution in [3.05, 3.63) is 103 Å². The number of hydrogen-bond donors (Lipinski definition) is 2. The lowest BCUT2D eigenvalue weighted by Crippen LogP contribution is -2.32. The third-order valence-corrected chi connectivity index (χ3v) is 9.52. The van der Waals surface area contributed by atoms with Crippen molar-refractivity contribution in [2.75, 3.05) is 16.8 Å². The molecule has 3 aromatic carbocycles. The molecule has 3 amide bonds. The fourth-order valence-corrected chi connectivity index (χ4v) is 7.76. The number of nitrogens with one attached hydrogen (secondary N) is 2. The molecule has 0 aliphatic carbocycles. The van der Waals surface area contributed by atoms with Gasteiger partial charge >= 0.3 is 4.87 Å². The standard InChI is InChI=1S/C28H19Cl2N3O5S2/c29-14-6-9-16(10-7-14)31-20(34)13-38-19-11-8-15(30)12-18(19)21-22-24(39-25-23(21)40-28(37)32-25)27(36)33(26(22)35)17-4-2-1-3-5-17/h1-12,21-22,24H,13H2,(H,31,34)(H,32,37)/t21-,22?,24?/m1/s1. The first-order chi connectivity index (χ1) is 19.3. The van der Waals surface area contributed by atoms with E-state index in [2.05, 4.69) is 10.3 Å². The monoisotopic (exact) mass is 611 g/mol. The van der Waals surface area contributed by atoms with Crippen molar-refractivity contribution in [2.45, 2.75) is 16.2 Å². The van der Waals surface area contributed by atoms with Crippen molar-refractivity contribution in [3.8, 4) is 5.75 Å². The molecule has 1 fully saturated rings. The van der Waals surface area contributed by atoms with Gasteiger partial charge in [-0.1, -0.05) is 64.5 Å². The summed E-state index contributed by atoms with van der Waals surface area (Å²) in [6, 6.07) is 20.3. The van der Waals surface area contributed by atoms with E-state index in [0.717, 1.165) is 11.3 Å². The summed E-state index contributed by atoms with van der Waals surface area (Å²) in [7, 11) is 0. The maximum Gasteiger partial charge on any atom is 0.305 e. The van der Waals surface area contributed by atoms with Crippen LogP contribution in [0.4, 0.5) is 11.4 Å². The minimum atomic E-state index is -0.819. The van der Waals surface area contributed by atoms with E-state index in [1.165, 1.54) is 16.7 Å². The smallest absolute Gasteiger partial charge is 0.305 e. The molecule has 12 heteroatoms. The van der Waals surface area contributed by atoms with Gasteiger partial charge in [-0.05, 0) is 54.6 Å². The highest BCUT2D eigenvalue weighted by atomic mass is 35.5. The summed E-state index contributed by atoms with van der Waals surface area (Å²) < 4.78 is 5.95. The van der Waals surface area contributed by atoms with Gasteiger partial charge in [0.25, 0.3) is 5.91 Å². The Morgan fingerprint density at radius 2 is 1.68 bits per heavy atom. The van der Waals surface area contributed by atoms with E-state index in [4.69, 9.17) is 27.9 Å². The van der Waals surface area contributed by atoms with E-state index in [-0.39, 0.29) is 23.3 Å². The number of aromatic amines is 1. The van der Waals surface area contributed by atoms with Gasteiger partial charge in [0.05, 0.1) is 16.6 Å². The molecule has 6 rings (SSSR count). The number of imide groups is 1. The molecule has 0 radical (unpaired) electrons. The second-order valence-electron chi connectivity index (χ2n) is 9.12. The molecular weight excluding hydrogens is 593 g/mol. The van der Waals surface area contributed by atoms with E-state index in [1.807, 2.05) is 0 Å². The van der Waals surface area contributed by atoms with Gasteiger partial charge in [-0.15, -0.1) is 0 Å². The average molecular weight is 613 g/mol. The number of para-hydroxylation sites is 1. The quantitative estimate of drug-likeness (QED) is 0.276. The van der Waals surface area contributed by atoms with Gasteiger partial charge in [0.15, 0.2) is 6.61 Å². The normalized spacial score (nSPS) is 19.8. The largest absolute Gasteiger partial charge is 0.483 e. The van der Waals surface area contributed by atoms with Gasteiger partial charge in [0.1, 0.15) is 11.0 Å². The van der Waals surface area contributed by atoms with Gasteiger partial charge in [-0.25, -0.2) is 4.90 Å². The Morgan fingerprint density at radius 3 is 2.42 bits per heavy atom. The number of amides is 3. The number of halogens is 2. The fourth-order valence-electron chi connectivity index (χ4n) is 4.95. The zero-order valence-electron chi connectivity index (χ0n) is 20.4. The van der Waals surface area contributed by atoms with Crippen molar-refractivity contribution < 1.29 is 19.1 Å². The van der Waals surface area contributed by atoms with E-state index in [0.29, 0.717) is 42.6 Å². The molecule has 2 N–H and O–H groups in total. The van der Waals surface area contributed by atoms with Gasteiger partial charge in [-0.3, -0.25) is 19.2 Å². The number of rotatable bonds is 6. The van der Waals surface area contributed by atoms with Gasteiger partial charge < -0.3 is 15.0 Å². The van der Waals surface area contributed by atoms with E-state index in [9.17, 15) is 19.2 Å². The van der Waals surface area contributed by atoms with Gasteiger partial charge in [0.2, 0.25) is 11.8 Å². The van der Waals surface area contributed by atoms with Crippen LogP contribution in [-0.4, -0.2) is 34.6 Å². The molecule has 0 spiro atoms. The van der Waals surface area contributed by atoms with Crippen LogP contribution in [0.25, 0.3) is 0 Å². The number of fused-ring (bicyclic) bond motifs is 2. The van der Waals surface area contributed by atoms with E-state index in [1.54, 1.807) is 72.8 Å². The minimum absolute atomic E-state index is 0.297. The number of H-pyrrole nitrogens is 1.